The lowest BCUT2D eigenvalue weighted by molar-refractivity contribution is 0.0596. The van der Waals surface area contributed by atoms with Gasteiger partial charge in [-0.1, -0.05) is 41.9 Å². The second kappa shape index (κ2) is 7.76. The van der Waals surface area contributed by atoms with Crippen molar-refractivity contribution in [1.82, 2.24) is 15.0 Å². The van der Waals surface area contributed by atoms with Gasteiger partial charge in [0.2, 0.25) is 0 Å². The van der Waals surface area contributed by atoms with Crippen molar-refractivity contribution in [3.8, 4) is 28.4 Å². The SMILES string of the molecule is COC(=O)c1nc(-c2ccc(Cl)c(OC)c2F)nc2[nH]c(-c3ccccc3)c(C)c12. The highest BCUT2D eigenvalue weighted by molar-refractivity contribution is 6.32. The summed E-state index contributed by atoms with van der Waals surface area (Å²) in [6.45, 7) is 1.86. The van der Waals surface area contributed by atoms with Crippen molar-refractivity contribution in [2.45, 2.75) is 6.92 Å². The van der Waals surface area contributed by atoms with E-state index in [1.54, 1.807) is 0 Å². The number of carbonyl (C=O) groups is 1. The highest BCUT2D eigenvalue weighted by atomic mass is 35.5. The number of esters is 1. The fourth-order valence-electron chi connectivity index (χ4n) is 3.39. The number of halogens is 2. The Balaban J connectivity index is 2.02. The van der Waals surface area contributed by atoms with Gasteiger partial charge in [-0.25, -0.2) is 19.2 Å². The Morgan fingerprint density at radius 1 is 1.10 bits per heavy atom. The first kappa shape index (κ1) is 19.8. The van der Waals surface area contributed by atoms with E-state index >= 15 is 0 Å². The Morgan fingerprint density at radius 3 is 2.50 bits per heavy atom. The van der Waals surface area contributed by atoms with E-state index < -0.39 is 11.8 Å². The number of rotatable bonds is 4. The number of fused-ring (bicyclic) bond motifs is 1. The third kappa shape index (κ3) is 3.17. The minimum Gasteiger partial charge on any atom is -0.492 e. The van der Waals surface area contributed by atoms with E-state index in [1.807, 2.05) is 37.3 Å². The van der Waals surface area contributed by atoms with Gasteiger partial charge in [0, 0.05) is 0 Å². The third-order valence-electron chi connectivity index (χ3n) is 4.84. The molecule has 8 heteroatoms. The molecule has 152 valence electrons. The molecule has 4 aromatic rings. The number of hydrogen-bond acceptors (Lipinski definition) is 5. The summed E-state index contributed by atoms with van der Waals surface area (Å²) in [5, 5.41) is 0.640. The van der Waals surface area contributed by atoms with Gasteiger partial charge in [0.1, 0.15) is 5.65 Å². The molecule has 1 N–H and O–H groups in total. The second-order valence-electron chi connectivity index (χ2n) is 6.54. The van der Waals surface area contributed by atoms with Crippen LogP contribution in [0.3, 0.4) is 0 Å². The maximum Gasteiger partial charge on any atom is 0.357 e. The molecule has 0 aliphatic heterocycles. The van der Waals surface area contributed by atoms with E-state index in [9.17, 15) is 9.18 Å². The molecule has 0 unspecified atom stereocenters. The molecule has 0 saturated heterocycles. The highest BCUT2D eigenvalue weighted by Gasteiger charge is 2.24. The zero-order chi connectivity index (χ0) is 21.4. The number of methoxy groups -OCH3 is 2. The van der Waals surface area contributed by atoms with Crippen LogP contribution in [0, 0.1) is 12.7 Å². The summed E-state index contributed by atoms with van der Waals surface area (Å²) in [6, 6.07) is 12.5. The number of H-pyrrole nitrogens is 1. The van der Waals surface area contributed by atoms with Crippen LogP contribution in [0.2, 0.25) is 5.02 Å². The molecule has 0 fully saturated rings. The molecule has 0 saturated carbocycles. The van der Waals surface area contributed by atoms with E-state index in [0.29, 0.717) is 11.0 Å². The first-order chi connectivity index (χ1) is 14.5. The monoisotopic (exact) mass is 425 g/mol. The van der Waals surface area contributed by atoms with Gasteiger partial charge < -0.3 is 14.5 Å². The summed E-state index contributed by atoms with van der Waals surface area (Å²) in [6.07, 6.45) is 0. The maximum atomic E-state index is 15.0. The van der Waals surface area contributed by atoms with Crippen LogP contribution < -0.4 is 4.74 Å². The zero-order valence-electron chi connectivity index (χ0n) is 16.4. The molecular weight excluding hydrogens is 409 g/mol. The van der Waals surface area contributed by atoms with Gasteiger partial charge in [-0.05, 0) is 30.2 Å². The van der Waals surface area contributed by atoms with Crippen molar-refractivity contribution in [2.24, 2.45) is 0 Å². The van der Waals surface area contributed by atoms with Crippen molar-refractivity contribution >= 4 is 28.6 Å². The molecular formula is C22H17ClFN3O3. The topological polar surface area (TPSA) is 77.1 Å². The number of nitrogens with one attached hydrogen (secondary N) is 1. The summed E-state index contributed by atoms with van der Waals surface area (Å²) in [7, 11) is 2.58. The number of nitrogens with zero attached hydrogens (tertiary/aromatic N) is 2. The summed E-state index contributed by atoms with van der Waals surface area (Å²) in [5.74, 6) is -1.47. The number of hydrogen-bond donors (Lipinski definition) is 1. The Hall–Kier alpha value is -3.45. The number of benzene rings is 2. The minimum absolute atomic E-state index is 0.0104. The Kier molecular flexibility index (Phi) is 5.13. The molecule has 2 aromatic carbocycles. The quantitative estimate of drug-likeness (QED) is 0.455. The molecule has 6 nitrogen and oxygen atoms in total. The molecule has 2 heterocycles. The average molecular weight is 426 g/mol. The zero-order valence-corrected chi connectivity index (χ0v) is 17.2. The van der Waals surface area contributed by atoms with Gasteiger partial charge in [0.05, 0.1) is 35.9 Å². The largest absolute Gasteiger partial charge is 0.492 e. The third-order valence-corrected chi connectivity index (χ3v) is 5.14. The molecule has 0 amide bonds. The number of aryl methyl sites for hydroxylation is 1. The molecule has 2 aromatic heterocycles. The van der Waals surface area contributed by atoms with Crippen LogP contribution in [0.5, 0.6) is 5.75 Å². The van der Waals surface area contributed by atoms with E-state index in [1.165, 1.54) is 26.4 Å². The van der Waals surface area contributed by atoms with Crippen LogP contribution >= 0.6 is 11.6 Å². The van der Waals surface area contributed by atoms with Gasteiger partial charge in [-0.3, -0.25) is 0 Å². The van der Waals surface area contributed by atoms with Crippen LogP contribution in [0.25, 0.3) is 33.7 Å². The van der Waals surface area contributed by atoms with Crippen LogP contribution in [0.15, 0.2) is 42.5 Å². The van der Waals surface area contributed by atoms with E-state index in [2.05, 4.69) is 15.0 Å². The molecule has 0 aliphatic carbocycles. The normalized spacial score (nSPS) is 11.0. The van der Waals surface area contributed by atoms with Crippen molar-refractivity contribution in [1.29, 1.82) is 0 Å². The van der Waals surface area contributed by atoms with Gasteiger partial charge in [-0.15, -0.1) is 0 Å². The van der Waals surface area contributed by atoms with E-state index in [-0.39, 0.29) is 27.9 Å². The minimum atomic E-state index is -0.716. The standard InChI is InChI=1S/C22H17ClFN3O3/c1-11-15-18(22(28)30-3)26-20(13-9-10-14(23)19(29-2)16(13)24)27-21(15)25-17(11)12-7-5-4-6-8-12/h4-10H,1-3H3,(H,25,26,27). The number of ether oxygens (including phenoxy) is 2. The number of aromatic nitrogens is 3. The van der Waals surface area contributed by atoms with Crippen molar-refractivity contribution in [2.75, 3.05) is 14.2 Å². The van der Waals surface area contributed by atoms with Crippen LogP contribution in [-0.2, 0) is 4.74 Å². The van der Waals surface area contributed by atoms with Gasteiger partial charge in [0.25, 0.3) is 0 Å². The van der Waals surface area contributed by atoms with Crippen LogP contribution in [0.4, 0.5) is 4.39 Å². The fraction of sp³-hybridized carbons (Fsp3) is 0.136. The molecule has 0 spiro atoms. The highest BCUT2D eigenvalue weighted by Crippen LogP contribution is 2.36. The summed E-state index contributed by atoms with van der Waals surface area (Å²) < 4.78 is 24.9. The van der Waals surface area contributed by atoms with Gasteiger partial charge >= 0.3 is 5.97 Å². The molecule has 0 bridgehead atoms. The summed E-state index contributed by atoms with van der Waals surface area (Å²) in [5.41, 5.74) is 2.99. The van der Waals surface area contributed by atoms with Crippen LogP contribution in [0.1, 0.15) is 16.1 Å². The Morgan fingerprint density at radius 2 is 1.83 bits per heavy atom. The van der Waals surface area contributed by atoms with Crippen molar-refractivity contribution < 1.29 is 18.7 Å². The van der Waals surface area contributed by atoms with E-state index in [4.69, 9.17) is 21.1 Å². The lowest BCUT2D eigenvalue weighted by Gasteiger charge is -2.10. The lowest BCUT2D eigenvalue weighted by atomic mass is 10.1. The predicted octanol–water partition coefficient (Wildman–Crippen LogP) is 5.19. The summed E-state index contributed by atoms with van der Waals surface area (Å²) in [4.78, 5) is 24.5. The molecule has 0 aliphatic rings. The first-order valence-corrected chi connectivity index (χ1v) is 9.40. The van der Waals surface area contributed by atoms with Gasteiger partial charge in [0.15, 0.2) is 23.1 Å². The summed E-state index contributed by atoms with van der Waals surface area (Å²) >= 11 is 5.99. The fourth-order valence-corrected chi connectivity index (χ4v) is 3.62. The Labute approximate surface area is 176 Å². The Bertz CT molecular complexity index is 1270. The van der Waals surface area contributed by atoms with Gasteiger partial charge in [-0.2, -0.15) is 0 Å². The van der Waals surface area contributed by atoms with E-state index in [0.717, 1.165) is 16.8 Å². The lowest BCUT2D eigenvalue weighted by Crippen LogP contribution is -2.08. The molecule has 4 rings (SSSR count). The van der Waals surface area contributed by atoms with Crippen molar-refractivity contribution in [3.05, 3.63) is 64.6 Å². The maximum absolute atomic E-state index is 15.0. The number of aromatic amines is 1. The predicted molar refractivity (Wildman–Crippen MR) is 112 cm³/mol. The van der Waals surface area contributed by atoms with Crippen molar-refractivity contribution in [3.63, 3.8) is 0 Å². The second-order valence-corrected chi connectivity index (χ2v) is 6.95. The molecule has 0 radical (unpaired) electrons. The number of carbonyl (C=O) groups excluding carboxylic acids is 1. The van der Waals surface area contributed by atoms with Crippen LogP contribution in [-0.4, -0.2) is 35.1 Å². The molecule has 30 heavy (non-hydrogen) atoms. The average Bonchev–Trinajstić information content (AvgIpc) is 3.10. The smallest absolute Gasteiger partial charge is 0.357 e. The molecule has 0 atom stereocenters. The first-order valence-electron chi connectivity index (χ1n) is 9.02.